The molecule has 0 fully saturated rings. The lowest BCUT2D eigenvalue weighted by Crippen LogP contribution is -2.41. The van der Waals surface area contributed by atoms with Crippen LogP contribution in [0.4, 0.5) is 5.69 Å². The molecule has 1 unspecified atom stereocenters. The van der Waals surface area contributed by atoms with E-state index in [1.54, 1.807) is 35.4 Å². The van der Waals surface area contributed by atoms with Crippen molar-refractivity contribution >= 4 is 40.7 Å². The average molecular weight is 488 g/mol. The van der Waals surface area contributed by atoms with Crippen molar-refractivity contribution in [2.75, 3.05) is 18.6 Å². The van der Waals surface area contributed by atoms with Crippen LogP contribution in [-0.2, 0) is 0 Å². The second-order valence-corrected chi connectivity index (χ2v) is 8.73. The molecule has 0 bridgehead atoms. The van der Waals surface area contributed by atoms with Gasteiger partial charge in [0.15, 0.2) is 0 Å². The maximum atomic E-state index is 13.3. The summed E-state index contributed by atoms with van der Waals surface area (Å²) in [6, 6.07) is 8.12. The summed E-state index contributed by atoms with van der Waals surface area (Å²) in [5.41, 5.74) is 2.13. The van der Waals surface area contributed by atoms with Crippen LogP contribution < -0.4 is 15.0 Å². The predicted octanol–water partition coefficient (Wildman–Crippen LogP) is 4.70. The Labute approximate surface area is 201 Å². The normalized spacial score (nSPS) is 15.3. The monoisotopic (exact) mass is 487 g/mol. The van der Waals surface area contributed by atoms with Gasteiger partial charge in [-0.3, -0.25) is 14.3 Å². The molecule has 4 rings (SSSR count). The van der Waals surface area contributed by atoms with Crippen molar-refractivity contribution in [3.05, 3.63) is 69.6 Å². The number of pyridine rings is 1. The van der Waals surface area contributed by atoms with E-state index in [4.69, 9.17) is 27.9 Å². The Morgan fingerprint density at radius 3 is 2.61 bits per heavy atom. The van der Waals surface area contributed by atoms with Gasteiger partial charge in [-0.25, -0.2) is 4.98 Å². The molecule has 1 N–H and O–H groups in total. The van der Waals surface area contributed by atoms with Crippen LogP contribution in [0, 0.1) is 0 Å². The first-order valence-corrected chi connectivity index (χ1v) is 11.2. The number of anilines is 1. The minimum absolute atomic E-state index is 0.0283. The largest absolute Gasteiger partial charge is 0.480 e. The molecule has 33 heavy (non-hydrogen) atoms. The summed E-state index contributed by atoms with van der Waals surface area (Å²) in [5, 5.41) is 8.20. The second kappa shape index (κ2) is 9.41. The zero-order valence-electron chi connectivity index (χ0n) is 18.4. The SMILES string of the molecule is COc1ncc(C(=O)N2CCC(NC(=O)c3ccccc3Cl)c3c2cnn3C(C)C)cc1Cl. The van der Waals surface area contributed by atoms with Crippen LogP contribution in [0.2, 0.25) is 10.0 Å². The summed E-state index contributed by atoms with van der Waals surface area (Å²) in [7, 11) is 1.46. The third kappa shape index (κ3) is 4.41. The number of carbonyl (C=O) groups excluding carboxylic acids is 2. The zero-order chi connectivity index (χ0) is 23.7. The molecule has 1 aliphatic heterocycles. The van der Waals surface area contributed by atoms with E-state index in [-0.39, 0.29) is 34.8 Å². The Bertz CT molecular complexity index is 1210. The van der Waals surface area contributed by atoms with Crippen LogP contribution in [0.3, 0.4) is 0 Å². The van der Waals surface area contributed by atoms with E-state index >= 15 is 0 Å². The number of aromatic nitrogens is 3. The van der Waals surface area contributed by atoms with Crippen molar-refractivity contribution in [3.63, 3.8) is 0 Å². The number of carbonyl (C=O) groups is 2. The minimum atomic E-state index is -0.338. The molecule has 2 amide bonds. The number of amides is 2. The second-order valence-electron chi connectivity index (χ2n) is 7.92. The van der Waals surface area contributed by atoms with Crippen molar-refractivity contribution in [2.45, 2.75) is 32.4 Å². The molecule has 0 aliphatic carbocycles. The van der Waals surface area contributed by atoms with Crippen LogP contribution in [0.25, 0.3) is 0 Å². The molecule has 1 aromatic carbocycles. The minimum Gasteiger partial charge on any atom is -0.480 e. The molecule has 3 heterocycles. The third-order valence-corrected chi connectivity index (χ3v) is 6.08. The molecule has 172 valence electrons. The highest BCUT2D eigenvalue weighted by Gasteiger charge is 2.35. The summed E-state index contributed by atoms with van der Waals surface area (Å²) >= 11 is 12.4. The van der Waals surface area contributed by atoms with Gasteiger partial charge >= 0.3 is 0 Å². The first-order valence-electron chi connectivity index (χ1n) is 10.5. The number of hydrogen-bond donors (Lipinski definition) is 1. The highest BCUT2D eigenvalue weighted by Crippen LogP contribution is 2.37. The smallest absolute Gasteiger partial charge is 0.259 e. The maximum Gasteiger partial charge on any atom is 0.259 e. The first-order chi connectivity index (χ1) is 15.8. The Kier molecular flexibility index (Phi) is 6.58. The highest BCUT2D eigenvalue weighted by atomic mass is 35.5. The van der Waals surface area contributed by atoms with Crippen molar-refractivity contribution in [1.82, 2.24) is 20.1 Å². The molecule has 3 aromatic rings. The zero-order valence-corrected chi connectivity index (χ0v) is 19.9. The molecule has 1 aliphatic rings. The lowest BCUT2D eigenvalue weighted by molar-refractivity contribution is 0.0931. The van der Waals surface area contributed by atoms with Crippen LogP contribution >= 0.6 is 23.2 Å². The molecule has 2 aromatic heterocycles. The first kappa shape index (κ1) is 23.1. The molecule has 0 radical (unpaired) electrons. The number of fused-ring (bicyclic) bond motifs is 1. The van der Waals surface area contributed by atoms with Crippen molar-refractivity contribution in [1.29, 1.82) is 0 Å². The quantitative estimate of drug-likeness (QED) is 0.563. The van der Waals surface area contributed by atoms with Gasteiger partial charge < -0.3 is 15.0 Å². The van der Waals surface area contributed by atoms with E-state index in [0.29, 0.717) is 34.8 Å². The van der Waals surface area contributed by atoms with Crippen LogP contribution in [-0.4, -0.2) is 40.2 Å². The van der Waals surface area contributed by atoms with Gasteiger partial charge in [0.2, 0.25) is 5.88 Å². The number of rotatable bonds is 5. The highest BCUT2D eigenvalue weighted by molar-refractivity contribution is 6.33. The Morgan fingerprint density at radius 1 is 1.18 bits per heavy atom. The van der Waals surface area contributed by atoms with E-state index in [9.17, 15) is 9.59 Å². The number of halogens is 2. The van der Waals surface area contributed by atoms with Gasteiger partial charge in [-0.15, -0.1) is 0 Å². The number of methoxy groups -OCH3 is 1. The van der Waals surface area contributed by atoms with Crippen LogP contribution in [0.15, 0.2) is 42.7 Å². The lowest BCUT2D eigenvalue weighted by atomic mass is 10.0. The number of nitrogens with one attached hydrogen (secondary N) is 1. The number of benzene rings is 1. The van der Waals surface area contributed by atoms with E-state index in [2.05, 4.69) is 15.4 Å². The van der Waals surface area contributed by atoms with Crippen molar-refractivity contribution < 1.29 is 14.3 Å². The summed E-state index contributed by atoms with van der Waals surface area (Å²) in [6.45, 7) is 4.37. The van der Waals surface area contributed by atoms with E-state index in [1.807, 2.05) is 18.5 Å². The number of hydrogen-bond acceptors (Lipinski definition) is 5. The van der Waals surface area contributed by atoms with Gasteiger partial charge in [-0.2, -0.15) is 5.10 Å². The number of nitrogens with zero attached hydrogens (tertiary/aromatic N) is 4. The van der Waals surface area contributed by atoms with Gasteiger partial charge in [0.25, 0.3) is 11.8 Å². The summed E-state index contributed by atoms with van der Waals surface area (Å²) < 4.78 is 6.90. The molecule has 1 atom stereocenters. The van der Waals surface area contributed by atoms with Crippen molar-refractivity contribution in [3.8, 4) is 5.88 Å². The maximum absolute atomic E-state index is 13.3. The fourth-order valence-electron chi connectivity index (χ4n) is 3.92. The summed E-state index contributed by atoms with van der Waals surface area (Å²) in [6.07, 6.45) is 3.59. The van der Waals surface area contributed by atoms with Gasteiger partial charge in [0.05, 0.1) is 46.9 Å². The number of ether oxygens (including phenoxy) is 1. The molecule has 0 saturated carbocycles. The van der Waals surface area contributed by atoms with Crippen molar-refractivity contribution in [2.24, 2.45) is 0 Å². The van der Waals surface area contributed by atoms with Gasteiger partial charge in [-0.1, -0.05) is 35.3 Å². The van der Waals surface area contributed by atoms with E-state index < -0.39 is 0 Å². The Morgan fingerprint density at radius 2 is 1.94 bits per heavy atom. The molecular formula is C23H23Cl2N5O3. The Hall–Kier alpha value is -3.10. The van der Waals surface area contributed by atoms with Crippen LogP contribution in [0.5, 0.6) is 5.88 Å². The average Bonchev–Trinajstić information content (AvgIpc) is 3.25. The standard InChI is InChI=1S/C23H23Cl2N5O3/c1-13(2)30-20-18(28-21(31)15-6-4-5-7-16(15)24)8-9-29(19(20)12-27-30)23(32)14-10-17(25)22(33-3)26-11-14/h4-7,10-13,18H,8-9H2,1-3H3,(H,28,31). The topological polar surface area (TPSA) is 89.3 Å². The molecule has 8 nitrogen and oxygen atoms in total. The molecule has 0 spiro atoms. The summed E-state index contributed by atoms with van der Waals surface area (Å²) in [5.74, 6) is -0.283. The van der Waals surface area contributed by atoms with Crippen LogP contribution in [0.1, 0.15) is 58.8 Å². The van der Waals surface area contributed by atoms with Gasteiger partial charge in [0.1, 0.15) is 5.02 Å². The fourth-order valence-corrected chi connectivity index (χ4v) is 4.38. The Balaban J connectivity index is 1.67. The fraction of sp³-hybridized carbons (Fsp3) is 0.304. The van der Waals surface area contributed by atoms with Gasteiger partial charge in [-0.05, 0) is 38.5 Å². The summed E-state index contributed by atoms with van der Waals surface area (Å²) in [4.78, 5) is 32.0. The van der Waals surface area contributed by atoms with Gasteiger partial charge in [0, 0.05) is 18.8 Å². The third-order valence-electron chi connectivity index (χ3n) is 5.48. The lowest BCUT2D eigenvalue weighted by Gasteiger charge is -2.33. The van der Waals surface area contributed by atoms with E-state index in [0.717, 1.165) is 5.69 Å². The molecular weight excluding hydrogens is 465 g/mol. The van der Waals surface area contributed by atoms with E-state index in [1.165, 1.54) is 19.4 Å². The molecule has 0 saturated heterocycles. The molecule has 10 heteroatoms. The predicted molar refractivity (Wildman–Crippen MR) is 126 cm³/mol.